The standard InChI is InChI=1S/C13H22N2O4/c1-2-3-6-10(13(18)19)15-12(17)9-7-4-5-8-11(16)14-9/h9-10H,2-8H2,1H3,(H,14,16)(H,15,17)(H,18,19). The van der Waals surface area contributed by atoms with Crippen LogP contribution in [-0.2, 0) is 14.4 Å². The minimum atomic E-state index is -1.03. The van der Waals surface area contributed by atoms with E-state index in [-0.39, 0.29) is 5.91 Å². The summed E-state index contributed by atoms with van der Waals surface area (Å²) < 4.78 is 0. The molecule has 0 bridgehead atoms. The summed E-state index contributed by atoms with van der Waals surface area (Å²) in [6.45, 7) is 1.96. The number of carbonyl (C=O) groups is 3. The molecule has 19 heavy (non-hydrogen) atoms. The van der Waals surface area contributed by atoms with Crippen LogP contribution < -0.4 is 10.6 Å². The number of unbranched alkanes of at least 4 members (excludes halogenated alkanes) is 1. The summed E-state index contributed by atoms with van der Waals surface area (Å²) in [5, 5.41) is 14.2. The number of nitrogens with one attached hydrogen (secondary N) is 2. The number of hydrogen-bond donors (Lipinski definition) is 3. The van der Waals surface area contributed by atoms with E-state index in [1.54, 1.807) is 0 Å². The first-order valence-electron chi connectivity index (χ1n) is 6.87. The van der Waals surface area contributed by atoms with Gasteiger partial charge in [0.25, 0.3) is 0 Å². The van der Waals surface area contributed by atoms with Gasteiger partial charge in [-0.2, -0.15) is 0 Å². The zero-order chi connectivity index (χ0) is 14.3. The predicted octanol–water partition coefficient (Wildman–Crippen LogP) is 0.805. The van der Waals surface area contributed by atoms with E-state index < -0.39 is 24.0 Å². The van der Waals surface area contributed by atoms with Crippen LogP contribution in [0.25, 0.3) is 0 Å². The van der Waals surface area contributed by atoms with Crippen molar-refractivity contribution in [3.8, 4) is 0 Å². The van der Waals surface area contributed by atoms with Gasteiger partial charge in [-0.25, -0.2) is 4.79 Å². The second-order valence-corrected chi connectivity index (χ2v) is 4.91. The molecule has 3 N–H and O–H groups in total. The minimum Gasteiger partial charge on any atom is -0.480 e. The van der Waals surface area contributed by atoms with E-state index in [2.05, 4.69) is 10.6 Å². The highest BCUT2D eigenvalue weighted by Gasteiger charge is 2.27. The average Bonchev–Trinajstić information content (AvgIpc) is 2.58. The van der Waals surface area contributed by atoms with Gasteiger partial charge < -0.3 is 15.7 Å². The van der Waals surface area contributed by atoms with Gasteiger partial charge in [0.2, 0.25) is 11.8 Å². The lowest BCUT2D eigenvalue weighted by Crippen LogP contribution is -2.51. The summed E-state index contributed by atoms with van der Waals surface area (Å²) in [6, 6.07) is -1.47. The molecule has 0 aromatic carbocycles. The van der Waals surface area contributed by atoms with E-state index in [1.165, 1.54) is 0 Å². The fourth-order valence-corrected chi connectivity index (χ4v) is 2.11. The maximum absolute atomic E-state index is 12.0. The molecule has 6 nitrogen and oxygen atoms in total. The number of carboxylic acid groups (broad SMARTS) is 1. The zero-order valence-corrected chi connectivity index (χ0v) is 11.3. The largest absolute Gasteiger partial charge is 0.480 e. The van der Waals surface area contributed by atoms with Crippen molar-refractivity contribution < 1.29 is 19.5 Å². The Balaban J connectivity index is 2.54. The Hall–Kier alpha value is -1.59. The van der Waals surface area contributed by atoms with Gasteiger partial charge in [-0.1, -0.05) is 26.2 Å². The number of amides is 2. The molecule has 0 saturated carbocycles. The van der Waals surface area contributed by atoms with E-state index in [0.717, 1.165) is 25.7 Å². The Morgan fingerprint density at radius 3 is 2.84 bits per heavy atom. The van der Waals surface area contributed by atoms with E-state index in [4.69, 9.17) is 5.11 Å². The molecule has 1 saturated heterocycles. The molecule has 0 aliphatic carbocycles. The van der Waals surface area contributed by atoms with Crippen LogP contribution in [0.2, 0.25) is 0 Å². The first-order chi connectivity index (χ1) is 9.04. The molecular formula is C13H22N2O4. The molecule has 1 heterocycles. The molecule has 108 valence electrons. The third kappa shape index (κ3) is 5.28. The van der Waals surface area contributed by atoms with Gasteiger partial charge in [0.15, 0.2) is 0 Å². The quantitative estimate of drug-likeness (QED) is 0.665. The van der Waals surface area contributed by atoms with Gasteiger partial charge in [-0.05, 0) is 19.3 Å². The molecule has 1 aliphatic heterocycles. The number of carboxylic acids is 1. The molecule has 2 unspecified atom stereocenters. The second kappa shape index (κ2) is 7.76. The van der Waals surface area contributed by atoms with Crippen LogP contribution in [0.3, 0.4) is 0 Å². The van der Waals surface area contributed by atoms with Crippen molar-refractivity contribution in [2.75, 3.05) is 0 Å². The van der Waals surface area contributed by atoms with Crippen LogP contribution in [-0.4, -0.2) is 35.0 Å². The first kappa shape index (κ1) is 15.5. The third-order valence-electron chi connectivity index (χ3n) is 3.26. The normalized spacial score (nSPS) is 21.1. The lowest BCUT2D eigenvalue weighted by atomic mass is 10.1. The van der Waals surface area contributed by atoms with Crippen molar-refractivity contribution in [3.05, 3.63) is 0 Å². The molecule has 0 aromatic heterocycles. The Morgan fingerprint density at radius 1 is 1.47 bits per heavy atom. The van der Waals surface area contributed by atoms with E-state index in [0.29, 0.717) is 19.3 Å². The summed E-state index contributed by atoms with van der Waals surface area (Å²) in [6.07, 6.45) is 4.60. The lowest BCUT2D eigenvalue weighted by Gasteiger charge is -2.19. The summed E-state index contributed by atoms with van der Waals surface area (Å²) in [7, 11) is 0. The minimum absolute atomic E-state index is 0.141. The zero-order valence-electron chi connectivity index (χ0n) is 11.3. The molecule has 2 atom stereocenters. The van der Waals surface area contributed by atoms with Gasteiger partial charge in [0, 0.05) is 6.42 Å². The third-order valence-corrected chi connectivity index (χ3v) is 3.26. The van der Waals surface area contributed by atoms with Crippen molar-refractivity contribution in [2.45, 2.75) is 64.0 Å². The van der Waals surface area contributed by atoms with Crippen LogP contribution in [0.1, 0.15) is 51.9 Å². The highest BCUT2D eigenvalue weighted by atomic mass is 16.4. The highest BCUT2D eigenvalue weighted by Crippen LogP contribution is 2.10. The van der Waals surface area contributed by atoms with Crippen LogP contribution in [0.4, 0.5) is 0 Å². The van der Waals surface area contributed by atoms with Crippen molar-refractivity contribution in [1.82, 2.24) is 10.6 Å². The molecule has 1 fully saturated rings. The Bertz CT molecular complexity index is 344. The maximum atomic E-state index is 12.0. The van der Waals surface area contributed by atoms with Gasteiger partial charge >= 0.3 is 5.97 Å². The van der Waals surface area contributed by atoms with Crippen molar-refractivity contribution in [1.29, 1.82) is 0 Å². The Kier molecular flexibility index (Phi) is 6.32. The van der Waals surface area contributed by atoms with Crippen LogP contribution in [0.15, 0.2) is 0 Å². The highest BCUT2D eigenvalue weighted by molar-refractivity contribution is 5.90. The molecule has 0 aromatic rings. The summed E-state index contributed by atoms with van der Waals surface area (Å²) in [5.74, 6) is -1.56. The Labute approximate surface area is 112 Å². The van der Waals surface area contributed by atoms with Crippen molar-refractivity contribution >= 4 is 17.8 Å². The first-order valence-corrected chi connectivity index (χ1v) is 6.87. The maximum Gasteiger partial charge on any atom is 0.326 e. The van der Waals surface area contributed by atoms with Crippen LogP contribution in [0.5, 0.6) is 0 Å². The molecule has 0 spiro atoms. The van der Waals surface area contributed by atoms with Gasteiger partial charge in [0.05, 0.1) is 0 Å². The van der Waals surface area contributed by atoms with Crippen LogP contribution >= 0.6 is 0 Å². The monoisotopic (exact) mass is 270 g/mol. The number of hydrogen-bond acceptors (Lipinski definition) is 3. The second-order valence-electron chi connectivity index (χ2n) is 4.91. The molecule has 1 rings (SSSR count). The van der Waals surface area contributed by atoms with E-state index in [1.807, 2.05) is 6.92 Å². The van der Waals surface area contributed by atoms with Crippen molar-refractivity contribution in [2.24, 2.45) is 0 Å². The Morgan fingerprint density at radius 2 is 2.21 bits per heavy atom. The topological polar surface area (TPSA) is 95.5 Å². The number of carbonyl (C=O) groups excluding carboxylic acids is 2. The summed E-state index contributed by atoms with van der Waals surface area (Å²) in [4.78, 5) is 34.4. The van der Waals surface area contributed by atoms with Crippen LogP contribution in [0, 0.1) is 0 Å². The predicted molar refractivity (Wildman–Crippen MR) is 69.5 cm³/mol. The molecule has 0 radical (unpaired) electrons. The summed E-state index contributed by atoms with van der Waals surface area (Å²) in [5.41, 5.74) is 0. The number of aliphatic carboxylic acids is 1. The van der Waals surface area contributed by atoms with E-state index >= 15 is 0 Å². The summed E-state index contributed by atoms with van der Waals surface area (Å²) >= 11 is 0. The number of rotatable bonds is 6. The smallest absolute Gasteiger partial charge is 0.326 e. The fraction of sp³-hybridized carbons (Fsp3) is 0.769. The van der Waals surface area contributed by atoms with Gasteiger partial charge in [0.1, 0.15) is 12.1 Å². The van der Waals surface area contributed by atoms with E-state index in [9.17, 15) is 14.4 Å². The molecule has 2 amide bonds. The lowest BCUT2D eigenvalue weighted by molar-refractivity contribution is -0.142. The fourth-order valence-electron chi connectivity index (χ4n) is 2.11. The molecule has 6 heteroatoms. The van der Waals surface area contributed by atoms with Gasteiger partial charge in [-0.15, -0.1) is 0 Å². The van der Waals surface area contributed by atoms with Gasteiger partial charge in [-0.3, -0.25) is 9.59 Å². The molecule has 1 aliphatic rings. The average molecular weight is 270 g/mol. The van der Waals surface area contributed by atoms with Crippen molar-refractivity contribution in [3.63, 3.8) is 0 Å². The SMILES string of the molecule is CCCCC(NC(=O)C1CCCCC(=O)N1)C(=O)O. The molecular weight excluding hydrogens is 248 g/mol.